The molecule has 2 aromatic carbocycles. The van der Waals surface area contributed by atoms with Crippen molar-refractivity contribution in [2.75, 3.05) is 6.61 Å². The molecule has 0 aliphatic carbocycles. The maximum atomic E-state index is 11.9. The molecule has 26 heavy (non-hydrogen) atoms. The van der Waals surface area contributed by atoms with Crippen molar-refractivity contribution in [2.24, 2.45) is 0 Å². The fourth-order valence-corrected chi connectivity index (χ4v) is 2.32. The van der Waals surface area contributed by atoms with E-state index in [0.717, 1.165) is 5.56 Å². The molecule has 1 atom stereocenters. The number of benzene rings is 2. The second-order valence-electron chi connectivity index (χ2n) is 5.58. The van der Waals surface area contributed by atoms with Crippen LogP contribution in [0.4, 0.5) is 0 Å². The summed E-state index contributed by atoms with van der Waals surface area (Å²) in [4.78, 5) is 23.3. The molecule has 0 aliphatic heterocycles. The van der Waals surface area contributed by atoms with E-state index >= 15 is 0 Å². The second-order valence-corrected chi connectivity index (χ2v) is 5.58. The second kappa shape index (κ2) is 9.42. The highest BCUT2D eigenvalue weighted by Gasteiger charge is 2.24. The van der Waals surface area contributed by atoms with E-state index in [1.807, 2.05) is 30.3 Å². The molecule has 136 valence electrons. The number of esters is 2. The van der Waals surface area contributed by atoms with Gasteiger partial charge in [-0.05, 0) is 30.2 Å². The van der Waals surface area contributed by atoms with Gasteiger partial charge in [0.25, 0.3) is 0 Å². The Morgan fingerprint density at radius 1 is 1.04 bits per heavy atom. The molecule has 0 fully saturated rings. The smallest absolute Gasteiger partial charge is 0.337 e. The first-order valence-corrected chi connectivity index (χ1v) is 8.31. The fraction of sp³-hybridized carbons (Fsp3) is 0.238. The molecule has 2 aromatic rings. The van der Waals surface area contributed by atoms with Crippen molar-refractivity contribution in [3.05, 3.63) is 77.9 Å². The van der Waals surface area contributed by atoms with E-state index < -0.39 is 18.0 Å². The van der Waals surface area contributed by atoms with Crippen molar-refractivity contribution >= 4 is 11.9 Å². The Kier molecular flexibility index (Phi) is 6.97. The molecule has 0 amide bonds. The number of carbonyl (C=O) groups excluding carboxylic acids is 2. The van der Waals surface area contributed by atoms with Gasteiger partial charge in [0.15, 0.2) is 6.10 Å². The lowest BCUT2D eigenvalue weighted by atomic mass is 10.0. The highest BCUT2D eigenvalue weighted by Crippen LogP contribution is 2.28. The molecule has 0 bridgehead atoms. The number of hydrogen-bond donors (Lipinski definition) is 0. The van der Waals surface area contributed by atoms with Gasteiger partial charge in [-0.2, -0.15) is 0 Å². The first kappa shape index (κ1) is 19.2. The van der Waals surface area contributed by atoms with E-state index in [9.17, 15) is 9.59 Å². The van der Waals surface area contributed by atoms with E-state index in [-0.39, 0.29) is 12.2 Å². The van der Waals surface area contributed by atoms with Gasteiger partial charge < -0.3 is 14.2 Å². The summed E-state index contributed by atoms with van der Waals surface area (Å²) in [5.74, 6) is -0.436. The molecule has 1 unspecified atom stereocenters. The Hall–Kier alpha value is -3.08. The number of hydrogen-bond acceptors (Lipinski definition) is 5. The van der Waals surface area contributed by atoms with E-state index in [1.54, 1.807) is 31.2 Å². The van der Waals surface area contributed by atoms with E-state index in [2.05, 4.69) is 6.58 Å². The molecular weight excluding hydrogens is 332 g/mol. The average molecular weight is 354 g/mol. The first-order valence-electron chi connectivity index (χ1n) is 8.31. The Morgan fingerprint density at radius 2 is 1.69 bits per heavy atom. The van der Waals surface area contributed by atoms with Gasteiger partial charge >= 0.3 is 11.9 Å². The van der Waals surface area contributed by atoms with Crippen molar-refractivity contribution in [1.82, 2.24) is 0 Å². The zero-order valence-corrected chi connectivity index (χ0v) is 14.9. The summed E-state index contributed by atoms with van der Waals surface area (Å²) in [7, 11) is 0. The Balaban J connectivity index is 2.09. The molecule has 0 aromatic heterocycles. The molecule has 0 saturated carbocycles. The predicted molar refractivity (Wildman–Crippen MR) is 97.5 cm³/mol. The Labute approximate surface area is 153 Å². The molecule has 0 aliphatic rings. The van der Waals surface area contributed by atoms with E-state index in [4.69, 9.17) is 14.2 Å². The molecule has 0 spiro atoms. The SMILES string of the molecule is C=C(C(=O)OCC)C(OC(C)=O)c1ccc(OCc2ccccc2)cc1. The van der Waals surface area contributed by atoms with Gasteiger partial charge in [0, 0.05) is 6.92 Å². The van der Waals surface area contributed by atoms with Gasteiger partial charge in [-0.3, -0.25) is 4.79 Å². The van der Waals surface area contributed by atoms with Crippen LogP contribution in [0, 0.1) is 0 Å². The minimum Gasteiger partial charge on any atom is -0.489 e. The number of carbonyl (C=O) groups is 2. The summed E-state index contributed by atoms with van der Waals surface area (Å²) in [6, 6.07) is 16.8. The van der Waals surface area contributed by atoms with Crippen molar-refractivity contribution in [3.8, 4) is 5.75 Å². The van der Waals surface area contributed by atoms with Gasteiger partial charge in [0.2, 0.25) is 0 Å². The minimum absolute atomic E-state index is 0.0694. The van der Waals surface area contributed by atoms with E-state index in [0.29, 0.717) is 17.9 Å². The number of rotatable bonds is 8. The number of ether oxygens (including phenoxy) is 3. The van der Waals surface area contributed by atoms with Crippen molar-refractivity contribution in [1.29, 1.82) is 0 Å². The zero-order chi connectivity index (χ0) is 18.9. The molecule has 0 saturated heterocycles. The predicted octanol–water partition coefficient (Wildman–Crippen LogP) is 3.99. The maximum absolute atomic E-state index is 11.9. The lowest BCUT2D eigenvalue weighted by Gasteiger charge is -2.19. The summed E-state index contributed by atoms with van der Waals surface area (Å²) in [5, 5.41) is 0. The summed E-state index contributed by atoms with van der Waals surface area (Å²) >= 11 is 0. The maximum Gasteiger partial charge on any atom is 0.337 e. The van der Waals surface area contributed by atoms with Crippen molar-refractivity contribution < 1.29 is 23.8 Å². The summed E-state index contributed by atoms with van der Waals surface area (Å²) < 4.78 is 15.9. The molecule has 5 nitrogen and oxygen atoms in total. The molecule has 0 radical (unpaired) electrons. The minimum atomic E-state index is -0.894. The molecule has 2 rings (SSSR count). The van der Waals surface area contributed by atoms with Crippen molar-refractivity contribution in [2.45, 2.75) is 26.6 Å². The quantitative estimate of drug-likeness (QED) is 0.530. The van der Waals surface area contributed by atoms with Gasteiger partial charge in [-0.25, -0.2) is 4.79 Å². The van der Waals surface area contributed by atoms with Crippen LogP contribution in [-0.4, -0.2) is 18.5 Å². The van der Waals surface area contributed by atoms with Crippen LogP contribution in [0.15, 0.2) is 66.7 Å². The monoisotopic (exact) mass is 354 g/mol. The average Bonchev–Trinajstić information content (AvgIpc) is 2.65. The van der Waals surface area contributed by atoms with Crippen LogP contribution < -0.4 is 4.74 Å². The normalized spacial score (nSPS) is 11.3. The van der Waals surface area contributed by atoms with Crippen LogP contribution >= 0.6 is 0 Å². The zero-order valence-electron chi connectivity index (χ0n) is 14.9. The Morgan fingerprint density at radius 3 is 2.27 bits per heavy atom. The topological polar surface area (TPSA) is 61.8 Å². The molecule has 0 heterocycles. The lowest BCUT2D eigenvalue weighted by Crippen LogP contribution is -2.18. The highest BCUT2D eigenvalue weighted by atomic mass is 16.6. The van der Waals surface area contributed by atoms with Crippen molar-refractivity contribution in [3.63, 3.8) is 0 Å². The van der Waals surface area contributed by atoms with Gasteiger partial charge in [0.05, 0.1) is 12.2 Å². The van der Waals surface area contributed by atoms with Crippen LogP contribution in [0.2, 0.25) is 0 Å². The third-order valence-electron chi connectivity index (χ3n) is 3.57. The molecule has 0 N–H and O–H groups in total. The van der Waals surface area contributed by atoms with Crippen LogP contribution in [0.5, 0.6) is 5.75 Å². The van der Waals surface area contributed by atoms with Gasteiger partial charge in [-0.15, -0.1) is 0 Å². The molecular formula is C21H22O5. The fourth-order valence-electron chi connectivity index (χ4n) is 2.32. The van der Waals surface area contributed by atoms with Crippen LogP contribution in [0.25, 0.3) is 0 Å². The standard InChI is InChI=1S/C21H22O5/c1-4-24-21(23)15(2)20(26-16(3)22)18-10-12-19(13-11-18)25-14-17-8-6-5-7-9-17/h5-13,20H,2,4,14H2,1,3H3. The third-order valence-corrected chi connectivity index (χ3v) is 3.57. The lowest BCUT2D eigenvalue weighted by molar-refractivity contribution is -0.147. The Bertz CT molecular complexity index is 750. The summed E-state index contributed by atoms with van der Waals surface area (Å²) in [6.07, 6.45) is -0.894. The molecule has 5 heteroatoms. The van der Waals surface area contributed by atoms with Crippen LogP contribution in [0.3, 0.4) is 0 Å². The van der Waals surface area contributed by atoms with Gasteiger partial charge in [0.1, 0.15) is 12.4 Å². The summed E-state index contributed by atoms with van der Waals surface area (Å²) in [5.41, 5.74) is 1.75. The first-order chi connectivity index (χ1) is 12.5. The van der Waals surface area contributed by atoms with E-state index in [1.165, 1.54) is 6.92 Å². The third kappa shape index (κ3) is 5.48. The summed E-state index contributed by atoms with van der Waals surface area (Å²) in [6.45, 7) is 7.36. The van der Waals surface area contributed by atoms with Gasteiger partial charge in [-0.1, -0.05) is 49.0 Å². The van der Waals surface area contributed by atoms with Crippen LogP contribution in [-0.2, 0) is 25.7 Å². The van der Waals surface area contributed by atoms with Crippen LogP contribution in [0.1, 0.15) is 31.1 Å². The largest absolute Gasteiger partial charge is 0.489 e. The highest BCUT2D eigenvalue weighted by molar-refractivity contribution is 5.89.